The first-order chi connectivity index (χ1) is 10.1. The molecule has 6 nitrogen and oxygen atoms in total. The van der Waals surface area contributed by atoms with Gasteiger partial charge in [0, 0.05) is 5.56 Å². The fourth-order valence-electron chi connectivity index (χ4n) is 1.58. The van der Waals surface area contributed by atoms with E-state index in [1.54, 1.807) is 0 Å². The van der Waals surface area contributed by atoms with Crippen LogP contribution in [0, 0.1) is 5.82 Å². The first-order valence-corrected chi connectivity index (χ1v) is 5.87. The van der Waals surface area contributed by atoms with Crippen molar-refractivity contribution >= 4 is 11.8 Å². The maximum Gasteiger partial charge on any atom is 0.416 e. The smallest absolute Gasteiger partial charge is 0.391 e. The van der Waals surface area contributed by atoms with Crippen molar-refractivity contribution in [1.82, 2.24) is 10.8 Å². The number of hydroxylamine groups is 1. The zero-order valence-corrected chi connectivity index (χ0v) is 11.1. The lowest BCUT2D eigenvalue weighted by Gasteiger charge is -2.19. The molecule has 2 atom stereocenters. The topological polar surface area (TPSA) is 98.7 Å². The molecule has 0 unspecified atom stereocenters. The molecule has 1 aromatic carbocycles. The van der Waals surface area contributed by atoms with Crippen LogP contribution in [0.5, 0.6) is 0 Å². The minimum atomic E-state index is -4.86. The molecule has 0 saturated heterocycles. The third kappa shape index (κ3) is 5.49. The minimum Gasteiger partial charge on any atom is -0.391 e. The lowest BCUT2D eigenvalue weighted by Crippen LogP contribution is -2.51. The van der Waals surface area contributed by atoms with E-state index in [9.17, 15) is 32.3 Å². The summed E-state index contributed by atoms with van der Waals surface area (Å²) in [7, 11) is 0. The first-order valence-electron chi connectivity index (χ1n) is 5.87. The number of nitrogens with one attached hydrogen (secondary N) is 2. The molecule has 0 saturated carbocycles. The van der Waals surface area contributed by atoms with Crippen LogP contribution in [0.25, 0.3) is 0 Å². The van der Waals surface area contributed by atoms with Crippen LogP contribution in [-0.4, -0.2) is 34.3 Å². The number of carbonyl (C=O) groups is 2. The summed E-state index contributed by atoms with van der Waals surface area (Å²) in [6.45, 7) is 1.10. The Morgan fingerprint density at radius 1 is 1.22 bits per heavy atom. The van der Waals surface area contributed by atoms with Crippen molar-refractivity contribution in [2.75, 3.05) is 0 Å². The maximum absolute atomic E-state index is 13.2. The van der Waals surface area contributed by atoms with Gasteiger partial charge in [-0.05, 0) is 25.1 Å². The Balaban J connectivity index is 0.00000484. The van der Waals surface area contributed by atoms with Crippen LogP contribution in [0.3, 0.4) is 0 Å². The highest BCUT2D eigenvalue weighted by Crippen LogP contribution is 2.30. The van der Waals surface area contributed by atoms with Gasteiger partial charge in [0.05, 0.1) is 11.7 Å². The molecule has 4 N–H and O–H groups in total. The largest absolute Gasteiger partial charge is 0.416 e. The van der Waals surface area contributed by atoms with Gasteiger partial charge < -0.3 is 10.4 Å². The molecule has 1 rings (SSSR count). The van der Waals surface area contributed by atoms with Crippen molar-refractivity contribution in [2.45, 2.75) is 32.7 Å². The molecule has 0 bridgehead atoms. The normalized spacial score (nSPS) is 13.5. The maximum atomic E-state index is 13.2. The highest BCUT2D eigenvalue weighted by Gasteiger charge is 2.32. The monoisotopic (exact) mass is 340 g/mol. The fourth-order valence-corrected chi connectivity index (χ4v) is 1.58. The number of amides is 2. The van der Waals surface area contributed by atoms with Crippen LogP contribution in [0.1, 0.15) is 30.3 Å². The van der Waals surface area contributed by atoms with Crippen LogP contribution in [0.4, 0.5) is 17.6 Å². The van der Waals surface area contributed by atoms with Crippen molar-refractivity contribution in [2.24, 2.45) is 0 Å². The highest BCUT2D eigenvalue weighted by molar-refractivity contribution is 5.97. The van der Waals surface area contributed by atoms with Gasteiger partial charge in [-0.25, -0.2) is 9.87 Å². The summed E-state index contributed by atoms with van der Waals surface area (Å²) in [5.74, 6) is -3.70. The molecule has 23 heavy (non-hydrogen) atoms. The number of rotatable bonds is 4. The summed E-state index contributed by atoms with van der Waals surface area (Å²) in [5.41, 5.74) is -0.885. The third-order valence-corrected chi connectivity index (χ3v) is 2.65. The summed E-state index contributed by atoms with van der Waals surface area (Å²) in [5, 5.41) is 19.7. The summed E-state index contributed by atoms with van der Waals surface area (Å²) in [6, 6.07) is -0.478. The number of benzene rings is 1. The van der Waals surface area contributed by atoms with Crippen LogP contribution in [0.2, 0.25) is 0 Å². The predicted molar refractivity (Wildman–Crippen MR) is 71.0 cm³/mol. The average Bonchev–Trinajstić information content (AvgIpc) is 2.41. The number of aliphatic hydroxyl groups is 1. The Kier molecular flexibility index (Phi) is 7.13. The SMILES string of the molecule is C.C[C@@H](O)[C@H](NC(=O)c1cc(F)cc(C(F)(F)F)c1)C(=O)NO. The molecule has 0 spiro atoms. The molecule has 0 aliphatic rings. The van der Waals surface area contributed by atoms with Gasteiger partial charge in [-0.1, -0.05) is 7.43 Å². The number of hydrogen-bond acceptors (Lipinski definition) is 4. The fraction of sp³-hybridized carbons (Fsp3) is 0.385. The van der Waals surface area contributed by atoms with E-state index >= 15 is 0 Å². The van der Waals surface area contributed by atoms with E-state index < -0.39 is 47.1 Å². The molecule has 0 heterocycles. The zero-order valence-electron chi connectivity index (χ0n) is 11.1. The average molecular weight is 340 g/mol. The van der Waals surface area contributed by atoms with E-state index in [1.807, 2.05) is 5.32 Å². The second-order valence-electron chi connectivity index (χ2n) is 4.39. The van der Waals surface area contributed by atoms with E-state index in [-0.39, 0.29) is 13.5 Å². The lowest BCUT2D eigenvalue weighted by molar-refractivity contribution is -0.138. The van der Waals surface area contributed by atoms with Gasteiger partial charge >= 0.3 is 6.18 Å². The van der Waals surface area contributed by atoms with Crippen LogP contribution < -0.4 is 10.8 Å². The van der Waals surface area contributed by atoms with Crippen molar-refractivity contribution < 1.29 is 37.5 Å². The second-order valence-corrected chi connectivity index (χ2v) is 4.39. The molecular formula is C13H16F4N2O4. The Hall–Kier alpha value is -2.20. The van der Waals surface area contributed by atoms with Gasteiger partial charge in [-0.2, -0.15) is 13.2 Å². The van der Waals surface area contributed by atoms with E-state index in [1.165, 1.54) is 5.48 Å². The van der Waals surface area contributed by atoms with Crippen molar-refractivity contribution in [1.29, 1.82) is 0 Å². The number of alkyl halides is 3. The molecule has 0 aromatic heterocycles. The van der Waals surface area contributed by atoms with Gasteiger partial charge in [-0.3, -0.25) is 14.8 Å². The second kappa shape index (κ2) is 7.88. The lowest BCUT2D eigenvalue weighted by atomic mass is 10.1. The quantitative estimate of drug-likeness (QED) is 0.379. The number of aliphatic hydroxyl groups excluding tert-OH is 1. The molecular weight excluding hydrogens is 324 g/mol. The Morgan fingerprint density at radius 2 is 1.78 bits per heavy atom. The van der Waals surface area contributed by atoms with Gasteiger partial charge in [0.15, 0.2) is 0 Å². The summed E-state index contributed by atoms with van der Waals surface area (Å²) < 4.78 is 50.8. The summed E-state index contributed by atoms with van der Waals surface area (Å²) in [6.07, 6.45) is -6.31. The van der Waals surface area contributed by atoms with Gasteiger partial charge in [0.2, 0.25) is 0 Å². The predicted octanol–water partition coefficient (Wildman–Crippen LogP) is 1.47. The van der Waals surface area contributed by atoms with E-state index in [0.717, 1.165) is 6.92 Å². The molecule has 10 heteroatoms. The van der Waals surface area contributed by atoms with Gasteiger partial charge in [0.1, 0.15) is 11.9 Å². The van der Waals surface area contributed by atoms with E-state index in [4.69, 9.17) is 5.21 Å². The van der Waals surface area contributed by atoms with E-state index in [2.05, 4.69) is 0 Å². The standard InChI is InChI=1S/C12H12F4N2O4.CH4/c1-5(19)9(11(21)18-22)17-10(20)6-2-7(12(14,15)16)4-8(13)3-6;/h2-5,9,19,22H,1H3,(H,17,20)(H,18,21);1H4/t5-,9+;/m1./s1. The molecule has 0 radical (unpaired) electrons. The number of carbonyl (C=O) groups excluding carboxylic acids is 2. The van der Waals surface area contributed by atoms with Crippen LogP contribution >= 0.6 is 0 Å². The van der Waals surface area contributed by atoms with Crippen LogP contribution in [-0.2, 0) is 11.0 Å². The Labute approximate surface area is 129 Å². The molecule has 0 fully saturated rings. The molecule has 1 aromatic rings. The van der Waals surface area contributed by atoms with Gasteiger partial charge in [-0.15, -0.1) is 0 Å². The Morgan fingerprint density at radius 3 is 2.22 bits per heavy atom. The molecule has 130 valence electrons. The summed E-state index contributed by atoms with van der Waals surface area (Å²) in [4.78, 5) is 23.0. The Bertz CT molecular complexity index is 576. The number of hydrogen-bond donors (Lipinski definition) is 4. The van der Waals surface area contributed by atoms with Crippen molar-refractivity contribution in [3.63, 3.8) is 0 Å². The zero-order chi connectivity index (χ0) is 17.1. The first kappa shape index (κ1) is 20.8. The summed E-state index contributed by atoms with van der Waals surface area (Å²) >= 11 is 0. The van der Waals surface area contributed by atoms with Gasteiger partial charge in [0.25, 0.3) is 11.8 Å². The third-order valence-electron chi connectivity index (χ3n) is 2.65. The van der Waals surface area contributed by atoms with E-state index in [0.29, 0.717) is 12.1 Å². The highest BCUT2D eigenvalue weighted by atomic mass is 19.4. The van der Waals surface area contributed by atoms with Crippen molar-refractivity contribution in [3.8, 4) is 0 Å². The molecule has 2 amide bonds. The van der Waals surface area contributed by atoms with Crippen LogP contribution in [0.15, 0.2) is 18.2 Å². The number of halogens is 4. The molecule has 0 aliphatic heterocycles. The molecule has 0 aliphatic carbocycles. The van der Waals surface area contributed by atoms with Crippen molar-refractivity contribution in [3.05, 3.63) is 35.1 Å². The minimum absolute atomic E-state index is 0.